The van der Waals surface area contributed by atoms with Crippen molar-refractivity contribution in [1.82, 2.24) is 0 Å². The van der Waals surface area contributed by atoms with Gasteiger partial charge in [0, 0.05) is 17.8 Å². The first-order valence-electron chi connectivity index (χ1n) is 4.06. The van der Waals surface area contributed by atoms with Crippen LogP contribution in [0.2, 0.25) is 0 Å². The van der Waals surface area contributed by atoms with Crippen LogP contribution in [-0.2, 0) is 11.2 Å². The van der Waals surface area contributed by atoms with E-state index in [0.29, 0.717) is 16.7 Å². The normalized spacial score (nSPS) is 10.6. The third-order valence-electron chi connectivity index (χ3n) is 1.87. The number of carboxylic acids is 1. The predicted octanol–water partition coefficient (Wildman–Crippen LogP) is 0.431. The van der Waals surface area contributed by atoms with Gasteiger partial charge in [-0.05, 0) is 24.3 Å². The summed E-state index contributed by atoms with van der Waals surface area (Å²) in [7, 11) is 0. The minimum Gasteiger partial charge on any atom is -0.550 e. The molecule has 0 bridgehead atoms. The Bertz CT molecular complexity index is 484. The van der Waals surface area contributed by atoms with Crippen LogP contribution >= 0.6 is 0 Å². The molecule has 0 spiro atoms. The molecular weight excluding hydrogens is 184 g/mol. The Morgan fingerprint density at radius 3 is 2.93 bits per heavy atom. The van der Waals surface area contributed by atoms with Gasteiger partial charge in [-0.2, -0.15) is 0 Å². The van der Waals surface area contributed by atoms with Crippen LogP contribution in [0.25, 0.3) is 11.0 Å². The number of furan rings is 1. The molecule has 0 saturated heterocycles. The fourth-order valence-electron chi connectivity index (χ4n) is 1.32. The van der Waals surface area contributed by atoms with E-state index in [1.807, 2.05) is 0 Å². The number of aliphatic carboxylic acids is 1. The fourth-order valence-corrected chi connectivity index (χ4v) is 1.32. The number of carbonyl (C=O) groups excluding carboxylic acids is 1. The smallest absolute Gasteiger partial charge is 0.134 e. The molecule has 0 saturated carbocycles. The second kappa shape index (κ2) is 3.06. The van der Waals surface area contributed by atoms with Crippen molar-refractivity contribution >= 4 is 16.9 Å². The van der Waals surface area contributed by atoms with E-state index in [1.54, 1.807) is 12.1 Å². The minimum atomic E-state index is -1.19. The number of benzene rings is 1. The lowest BCUT2D eigenvalue weighted by Gasteiger charge is -1.95. The molecule has 0 unspecified atom stereocenters. The monoisotopic (exact) mass is 191 g/mol. The van der Waals surface area contributed by atoms with Crippen molar-refractivity contribution in [1.29, 1.82) is 0 Å². The zero-order chi connectivity index (χ0) is 10.1. The first-order chi connectivity index (χ1) is 6.65. The molecule has 2 rings (SSSR count). The Kier molecular flexibility index (Phi) is 1.89. The molecule has 0 amide bonds. The SMILES string of the molecule is O=C([O-])Cc1cc2cc(O)ccc2o1. The van der Waals surface area contributed by atoms with Gasteiger partial charge in [-0.3, -0.25) is 0 Å². The van der Waals surface area contributed by atoms with E-state index in [-0.39, 0.29) is 12.2 Å². The molecule has 1 aromatic carbocycles. The van der Waals surface area contributed by atoms with Gasteiger partial charge < -0.3 is 19.4 Å². The van der Waals surface area contributed by atoms with Gasteiger partial charge in [0.05, 0.1) is 0 Å². The lowest BCUT2D eigenvalue weighted by molar-refractivity contribution is -0.305. The summed E-state index contributed by atoms with van der Waals surface area (Å²) >= 11 is 0. The first kappa shape index (κ1) is 8.62. The number of carboxylic acid groups (broad SMARTS) is 1. The number of hydrogen-bond donors (Lipinski definition) is 1. The van der Waals surface area contributed by atoms with E-state index in [1.165, 1.54) is 12.1 Å². The van der Waals surface area contributed by atoms with Crippen molar-refractivity contribution in [3.8, 4) is 5.75 Å². The van der Waals surface area contributed by atoms with Gasteiger partial charge in [0.15, 0.2) is 0 Å². The van der Waals surface area contributed by atoms with E-state index in [0.717, 1.165) is 0 Å². The molecule has 2 aromatic rings. The molecule has 0 atom stereocenters. The Balaban J connectivity index is 2.46. The molecule has 1 heterocycles. The summed E-state index contributed by atoms with van der Waals surface area (Å²) in [5.74, 6) is -0.739. The molecule has 1 aromatic heterocycles. The van der Waals surface area contributed by atoms with Crippen molar-refractivity contribution < 1.29 is 19.4 Å². The second-order valence-corrected chi connectivity index (χ2v) is 2.98. The molecule has 14 heavy (non-hydrogen) atoms. The lowest BCUT2D eigenvalue weighted by atomic mass is 10.2. The zero-order valence-corrected chi connectivity index (χ0v) is 7.19. The highest BCUT2D eigenvalue weighted by Crippen LogP contribution is 2.23. The van der Waals surface area contributed by atoms with Crippen LogP contribution < -0.4 is 5.11 Å². The number of carbonyl (C=O) groups is 1. The highest BCUT2D eigenvalue weighted by Gasteiger charge is 2.04. The first-order valence-corrected chi connectivity index (χ1v) is 4.06. The number of phenolic OH excluding ortho intramolecular Hbond substituents is 1. The van der Waals surface area contributed by atoms with E-state index in [9.17, 15) is 9.90 Å². The number of aromatic hydroxyl groups is 1. The van der Waals surface area contributed by atoms with Crippen molar-refractivity contribution in [3.63, 3.8) is 0 Å². The Morgan fingerprint density at radius 2 is 2.21 bits per heavy atom. The molecule has 0 aliphatic rings. The summed E-state index contributed by atoms with van der Waals surface area (Å²) < 4.78 is 5.20. The summed E-state index contributed by atoms with van der Waals surface area (Å²) in [4.78, 5) is 10.3. The third-order valence-corrected chi connectivity index (χ3v) is 1.87. The molecule has 4 nitrogen and oxygen atoms in total. The highest BCUT2D eigenvalue weighted by atomic mass is 16.4. The van der Waals surface area contributed by atoms with Crippen molar-refractivity contribution in [3.05, 3.63) is 30.0 Å². The van der Waals surface area contributed by atoms with Crippen LogP contribution in [0.15, 0.2) is 28.7 Å². The van der Waals surface area contributed by atoms with Gasteiger partial charge in [0.2, 0.25) is 0 Å². The molecule has 1 N–H and O–H groups in total. The molecule has 4 heteroatoms. The van der Waals surface area contributed by atoms with Crippen LogP contribution in [0.5, 0.6) is 5.75 Å². The minimum absolute atomic E-state index is 0.123. The topological polar surface area (TPSA) is 73.5 Å². The van der Waals surface area contributed by atoms with Crippen molar-refractivity contribution in [2.24, 2.45) is 0 Å². The van der Waals surface area contributed by atoms with E-state index in [4.69, 9.17) is 9.52 Å². The highest BCUT2D eigenvalue weighted by molar-refractivity contribution is 5.80. The maximum atomic E-state index is 10.3. The van der Waals surface area contributed by atoms with Gasteiger partial charge in [0.25, 0.3) is 0 Å². The summed E-state index contributed by atoms with van der Waals surface area (Å²) in [6.45, 7) is 0. The number of phenols is 1. The quantitative estimate of drug-likeness (QED) is 0.747. The van der Waals surface area contributed by atoms with Gasteiger partial charge in [-0.15, -0.1) is 0 Å². The Labute approximate surface area is 79.4 Å². The zero-order valence-electron chi connectivity index (χ0n) is 7.19. The Hall–Kier alpha value is -1.97. The predicted molar refractivity (Wildman–Crippen MR) is 46.6 cm³/mol. The van der Waals surface area contributed by atoms with Gasteiger partial charge >= 0.3 is 0 Å². The molecular formula is C10H7O4-. The van der Waals surface area contributed by atoms with Gasteiger partial charge in [0.1, 0.15) is 17.1 Å². The van der Waals surface area contributed by atoms with Crippen LogP contribution in [0.3, 0.4) is 0 Å². The maximum absolute atomic E-state index is 10.3. The van der Waals surface area contributed by atoms with Crippen molar-refractivity contribution in [2.45, 2.75) is 6.42 Å². The summed E-state index contributed by atoms with van der Waals surface area (Å²) in [5.41, 5.74) is 0.555. The summed E-state index contributed by atoms with van der Waals surface area (Å²) in [6.07, 6.45) is -0.255. The third kappa shape index (κ3) is 1.54. The number of hydrogen-bond acceptors (Lipinski definition) is 4. The fraction of sp³-hybridized carbons (Fsp3) is 0.100. The van der Waals surface area contributed by atoms with Gasteiger partial charge in [-0.1, -0.05) is 0 Å². The summed E-state index contributed by atoms with van der Waals surface area (Å²) in [6, 6.07) is 6.15. The number of fused-ring (bicyclic) bond motifs is 1. The molecule has 0 fully saturated rings. The largest absolute Gasteiger partial charge is 0.550 e. The maximum Gasteiger partial charge on any atom is 0.134 e. The van der Waals surface area contributed by atoms with Crippen molar-refractivity contribution in [2.75, 3.05) is 0 Å². The lowest BCUT2D eigenvalue weighted by Crippen LogP contribution is -2.24. The van der Waals surface area contributed by atoms with Crippen LogP contribution in [0, 0.1) is 0 Å². The van der Waals surface area contributed by atoms with Crippen LogP contribution in [0.1, 0.15) is 5.76 Å². The molecule has 0 aliphatic carbocycles. The van der Waals surface area contributed by atoms with E-state index >= 15 is 0 Å². The van der Waals surface area contributed by atoms with E-state index < -0.39 is 5.97 Å². The number of rotatable bonds is 2. The average Bonchev–Trinajstić information content (AvgIpc) is 2.44. The van der Waals surface area contributed by atoms with Gasteiger partial charge in [-0.25, -0.2) is 0 Å². The molecule has 0 radical (unpaired) electrons. The second-order valence-electron chi connectivity index (χ2n) is 2.98. The van der Waals surface area contributed by atoms with Crippen LogP contribution in [-0.4, -0.2) is 11.1 Å². The Morgan fingerprint density at radius 1 is 1.43 bits per heavy atom. The molecule has 72 valence electrons. The van der Waals surface area contributed by atoms with E-state index in [2.05, 4.69) is 0 Å². The van der Waals surface area contributed by atoms with Crippen LogP contribution in [0.4, 0.5) is 0 Å². The average molecular weight is 191 g/mol. The molecule has 0 aliphatic heterocycles. The summed E-state index contributed by atoms with van der Waals surface area (Å²) in [5, 5.41) is 20.1. The standard InChI is InChI=1S/C10H8O4/c11-7-1-2-9-6(3-7)4-8(14-9)5-10(12)13/h1-4,11H,5H2,(H,12,13)/p-1.